The van der Waals surface area contributed by atoms with Gasteiger partial charge in [0, 0.05) is 18.2 Å². The van der Waals surface area contributed by atoms with Crippen LogP contribution in [0.1, 0.15) is 26.2 Å². The van der Waals surface area contributed by atoms with Gasteiger partial charge in [-0.05, 0) is 53.4 Å². The van der Waals surface area contributed by atoms with E-state index in [1.807, 2.05) is 0 Å². The van der Waals surface area contributed by atoms with Crippen molar-refractivity contribution in [2.24, 2.45) is 11.7 Å². The van der Waals surface area contributed by atoms with Crippen molar-refractivity contribution in [2.45, 2.75) is 26.2 Å². The third kappa shape index (κ3) is 5.26. The molecule has 0 bridgehead atoms. The van der Waals surface area contributed by atoms with E-state index >= 15 is 0 Å². The minimum atomic E-state index is -0.482. The zero-order valence-corrected chi connectivity index (χ0v) is 12.9. The summed E-state index contributed by atoms with van der Waals surface area (Å²) in [5.41, 5.74) is 5.97. The Morgan fingerprint density at radius 1 is 1.50 bits per heavy atom. The summed E-state index contributed by atoms with van der Waals surface area (Å²) in [4.78, 5) is 22.0. The lowest BCUT2D eigenvalue weighted by Crippen LogP contribution is -2.14. The second kappa shape index (κ2) is 7.96. The fourth-order valence-electron chi connectivity index (χ4n) is 1.76. The molecular formula is C13H18BrN3O3. The number of hydrogen-bond acceptors (Lipinski definition) is 4. The highest BCUT2D eigenvalue weighted by molar-refractivity contribution is 9.10. The van der Waals surface area contributed by atoms with Gasteiger partial charge in [-0.3, -0.25) is 14.9 Å². The highest BCUT2D eigenvalue weighted by Gasteiger charge is 2.13. The second-order valence-corrected chi connectivity index (χ2v) is 5.55. The zero-order valence-electron chi connectivity index (χ0n) is 11.3. The number of amides is 1. The van der Waals surface area contributed by atoms with Crippen LogP contribution in [0.15, 0.2) is 22.7 Å². The largest absolute Gasteiger partial charge is 0.330 e. The van der Waals surface area contributed by atoms with Crippen LogP contribution < -0.4 is 11.1 Å². The molecule has 0 radical (unpaired) electrons. The Morgan fingerprint density at radius 2 is 2.20 bits per heavy atom. The molecule has 1 unspecified atom stereocenters. The molecule has 0 aliphatic heterocycles. The third-order valence-electron chi connectivity index (χ3n) is 2.95. The van der Waals surface area contributed by atoms with Crippen molar-refractivity contribution in [3.8, 4) is 0 Å². The van der Waals surface area contributed by atoms with Gasteiger partial charge in [0.25, 0.3) is 5.69 Å². The first-order valence-corrected chi connectivity index (χ1v) is 7.17. The van der Waals surface area contributed by atoms with E-state index in [1.54, 1.807) is 0 Å². The van der Waals surface area contributed by atoms with Gasteiger partial charge < -0.3 is 11.1 Å². The Hall–Kier alpha value is -1.47. The Labute approximate surface area is 126 Å². The highest BCUT2D eigenvalue weighted by Crippen LogP contribution is 2.27. The van der Waals surface area contributed by atoms with Gasteiger partial charge >= 0.3 is 0 Å². The summed E-state index contributed by atoms with van der Waals surface area (Å²) < 4.78 is 0.344. The van der Waals surface area contributed by atoms with Crippen molar-refractivity contribution >= 4 is 33.2 Å². The van der Waals surface area contributed by atoms with Crippen LogP contribution in [-0.4, -0.2) is 17.4 Å². The summed E-state index contributed by atoms with van der Waals surface area (Å²) in [6.07, 6.45) is 2.09. The summed E-state index contributed by atoms with van der Waals surface area (Å²) in [6, 6.07) is 4.40. The maximum absolute atomic E-state index is 11.8. The van der Waals surface area contributed by atoms with Crippen LogP contribution in [0.2, 0.25) is 0 Å². The maximum Gasteiger partial charge on any atom is 0.283 e. The molecule has 0 aliphatic carbocycles. The Morgan fingerprint density at radius 3 is 2.75 bits per heavy atom. The van der Waals surface area contributed by atoms with Crippen LogP contribution in [0.5, 0.6) is 0 Å². The minimum absolute atomic E-state index is 0.0282. The highest BCUT2D eigenvalue weighted by atomic mass is 79.9. The number of carbonyl (C=O) groups is 1. The summed E-state index contributed by atoms with van der Waals surface area (Å²) >= 11 is 3.11. The summed E-state index contributed by atoms with van der Waals surface area (Å²) in [5.74, 6) is 0.309. The van der Waals surface area contributed by atoms with Crippen LogP contribution in [0.4, 0.5) is 11.4 Å². The average Bonchev–Trinajstić information content (AvgIpc) is 2.36. The number of carbonyl (C=O) groups excluding carboxylic acids is 1. The molecule has 3 N–H and O–H groups in total. The fraction of sp³-hybridized carbons (Fsp3) is 0.462. The first kappa shape index (κ1) is 16.6. The molecule has 110 valence electrons. The molecule has 0 saturated heterocycles. The van der Waals surface area contributed by atoms with E-state index in [2.05, 4.69) is 28.2 Å². The van der Waals surface area contributed by atoms with Crippen LogP contribution in [-0.2, 0) is 4.79 Å². The molecule has 0 aromatic heterocycles. The number of nitrogens with one attached hydrogen (secondary N) is 1. The molecule has 6 nitrogen and oxygen atoms in total. The quantitative estimate of drug-likeness (QED) is 0.587. The first-order valence-electron chi connectivity index (χ1n) is 6.38. The lowest BCUT2D eigenvalue weighted by Gasteiger charge is -2.10. The number of halogens is 1. The second-order valence-electron chi connectivity index (χ2n) is 4.69. The van der Waals surface area contributed by atoms with Crippen LogP contribution >= 0.6 is 15.9 Å². The van der Waals surface area contributed by atoms with Crippen LogP contribution in [0.25, 0.3) is 0 Å². The minimum Gasteiger partial charge on any atom is -0.330 e. The van der Waals surface area contributed by atoms with E-state index in [-0.39, 0.29) is 11.6 Å². The lowest BCUT2D eigenvalue weighted by atomic mass is 10.0. The van der Waals surface area contributed by atoms with Gasteiger partial charge in [-0.15, -0.1) is 0 Å². The molecule has 1 rings (SSSR count). The number of nitro groups is 1. The molecule has 0 heterocycles. The number of anilines is 1. The summed E-state index contributed by atoms with van der Waals surface area (Å²) in [5, 5.41) is 13.4. The fourth-order valence-corrected chi connectivity index (χ4v) is 2.29. The molecule has 1 atom stereocenters. The van der Waals surface area contributed by atoms with Gasteiger partial charge in [-0.25, -0.2) is 0 Å². The lowest BCUT2D eigenvalue weighted by molar-refractivity contribution is -0.385. The van der Waals surface area contributed by atoms with Gasteiger partial charge in [0.05, 0.1) is 9.40 Å². The number of hydrogen-bond donors (Lipinski definition) is 2. The predicted molar refractivity (Wildman–Crippen MR) is 81.5 cm³/mol. The first-order chi connectivity index (χ1) is 9.43. The van der Waals surface area contributed by atoms with E-state index in [4.69, 9.17) is 5.73 Å². The molecule has 0 saturated carbocycles. The van der Waals surface area contributed by atoms with E-state index in [0.717, 1.165) is 12.8 Å². The Kier molecular flexibility index (Phi) is 6.60. The van der Waals surface area contributed by atoms with Gasteiger partial charge in [-0.2, -0.15) is 0 Å². The average molecular weight is 344 g/mol. The maximum atomic E-state index is 11.8. The number of nitrogens with two attached hydrogens (primary N) is 1. The standard InChI is InChI=1S/C13H18BrN3O3/c1-9(6-7-15)2-5-13(18)16-10-3-4-12(17(19)20)11(14)8-10/h3-4,8-9H,2,5-7,15H2,1H3,(H,16,18). The third-order valence-corrected chi connectivity index (χ3v) is 3.59. The van der Waals surface area contributed by atoms with Crippen LogP contribution in [0.3, 0.4) is 0 Å². The molecule has 0 aliphatic rings. The molecule has 1 amide bonds. The van der Waals surface area contributed by atoms with Gasteiger partial charge in [-0.1, -0.05) is 6.92 Å². The number of rotatable bonds is 7. The molecule has 20 heavy (non-hydrogen) atoms. The van der Waals surface area contributed by atoms with Crippen molar-refractivity contribution in [1.29, 1.82) is 0 Å². The van der Waals surface area contributed by atoms with Crippen molar-refractivity contribution < 1.29 is 9.72 Å². The monoisotopic (exact) mass is 343 g/mol. The van der Waals surface area contributed by atoms with E-state index in [1.165, 1.54) is 18.2 Å². The molecule has 0 fully saturated rings. The normalized spacial score (nSPS) is 11.9. The van der Waals surface area contributed by atoms with E-state index in [9.17, 15) is 14.9 Å². The van der Waals surface area contributed by atoms with Crippen molar-refractivity contribution in [2.75, 3.05) is 11.9 Å². The smallest absolute Gasteiger partial charge is 0.283 e. The van der Waals surface area contributed by atoms with Crippen molar-refractivity contribution in [1.82, 2.24) is 0 Å². The summed E-state index contributed by atoms with van der Waals surface area (Å²) in [7, 11) is 0. The van der Waals surface area contributed by atoms with Crippen molar-refractivity contribution in [3.63, 3.8) is 0 Å². The van der Waals surface area contributed by atoms with E-state index in [0.29, 0.717) is 29.0 Å². The number of benzene rings is 1. The Bertz CT molecular complexity index is 494. The molecule has 1 aromatic carbocycles. The molecule has 1 aromatic rings. The SMILES string of the molecule is CC(CCN)CCC(=O)Nc1ccc([N+](=O)[O-])c(Br)c1. The Balaban J connectivity index is 2.54. The number of nitro benzene ring substituents is 1. The molecular weight excluding hydrogens is 326 g/mol. The molecule has 0 spiro atoms. The summed E-state index contributed by atoms with van der Waals surface area (Å²) in [6.45, 7) is 2.68. The van der Waals surface area contributed by atoms with Gasteiger partial charge in [0.15, 0.2) is 0 Å². The van der Waals surface area contributed by atoms with Gasteiger partial charge in [0.2, 0.25) is 5.91 Å². The van der Waals surface area contributed by atoms with Gasteiger partial charge in [0.1, 0.15) is 0 Å². The predicted octanol–water partition coefficient (Wildman–Crippen LogP) is 3.06. The molecule has 7 heteroatoms. The number of nitrogens with zero attached hydrogens (tertiary/aromatic N) is 1. The van der Waals surface area contributed by atoms with Crippen LogP contribution in [0, 0.1) is 16.0 Å². The van der Waals surface area contributed by atoms with Crippen molar-refractivity contribution in [3.05, 3.63) is 32.8 Å². The zero-order chi connectivity index (χ0) is 15.1. The van der Waals surface area contributed by atoms with E-state index < -0.39 is 4.92 Å². The topological polar surface area (TPSA) is 98.3 Å².